The van der Waals surface area contributed by atoms with Gasteiger partial charge in [-0.3, -0.25) is 4.99 Å². The summed E-state index contributed by atoms with van der Waals surface area (Å²) in [6.45, 7) is 2.14. The third kappa shape index (κ3) is 2.03. The fourth-order valence-electron chi connectivity index (χ4n) is 2.00. The number of benzene rings is 2. The predicted molar refractivity (Wildman–Crippen MR) is 74.1 cm³/mol. The molecule has 0 spiro atoms. The Labute approximate surface area is 104 Å². The van der Waals surface area contributed by atoms with Gasteiger partial charge in [0.15, 0.2) is 0 Å². The lowest BCUT2D eigenvalue weighted by molar-refractivity contribution is 0.476. The molecule has 3 heteroatoms. The van der Waals surface area contributed by atoms with Gasteiger partial charge in [0, 0.05) is 11.3 Å². The molecule has 0 aromatic heterocycles. The van der Waals surface area contributed by atoms with Gasteiger partial charge in [-0.25, -0.2) is 0 Å². The number of fused-ring (bicyclic) bond motifs is 1. The molecule has 17 heavy (non-hydrogen) atoms. The van der Waals surface area contributed by atoms with Gasteiger partial charge in [0.2, 0.25) is 0 Å². The van der Waals surface area contributed by atoms with Crippen LogP contribution in [0.15, 0.2) is 41.4 Å². The summed E-state index contributed by atoms with van der Waals surface area (Å²) >= 11 is 1.82. The smallest absolute Gasteiger partial charge is 0.116 e. The Hall–Kier alpha value is -1.48. The van der Waals surface area contributed by atoms with Gasteiger partial charge in [-0.1, -0.05) is 18.2 Å². The standard InChI is InChI=1S/C14H13NOS/c1-9-8-17-14(15-9)12-3-2-11-7-13(16)5-4-10(11)6-12/h2-7,9,16H,8H2,1H3/t9-/m0/s1. The highest BCUT2D eigenvalue weighted by molar-refractivity contribution is 8.14. The first-order valence-corrected chi connectivity index (χ1v) is 6.65. The highest BCUT2D eigenvalue weighted by Gasteiger charge is 2.15. The SMILES string of the molecule is C[C@H]1CSC(c2ccc3cc(O)ccc3c2)=N1. The molecule has 2 nitrogen and oxygen atoms in total. The van der Waals surface area contributed by atoms with Crippen molar-refractivity contribution in [1.82, 2.24) is 0 Å². The molecule has 0 amide bonds. The number of thioether (sulfide) groups is 1. The summed E-state index contributed by atoms with van der Waals surface area (Å²) in [7, 11) is 0. The average molecular weight is 243 g/mol. The molecule has 0 saturated heterocycles. The van der Waals surface area contributed by atoms with E-state index in [9.17, 15) is 5.11 Å². The summed E-state index contributed by atoms with van der Waals surface area (Å²) in [4.78, 5) is 4.61. The first-order chi connectivity index (χ1) is 8.22. The zero-order valence-corrected chi connectivity index (χ0v) is 10.4. The van der Waals surface area contributed by atoms with Crippen LogP contribution < -0.4 is 0 Å². The molecule has 0 fully saturated rings. The van der Waals surface area contributed by atoms with E-state index in [2.05, 4.69) is 24.0 Å². The van der Waals surface area contributed by atoms with Crippen LogP contribution in [0.5, 0.6) is 5.75 Å². The van der Waals surface area contributed by atoms with Gasteiger partial charge in [-0.15, -0.1) is 11.8 Å². The molecule has 0 bridgehead atoms. The molecule has 0 radical (unpaired) electrons. The molecule has 1 aliphatic rings. The second-order valence-corrected chi connectivity index (χ2v) is 5.35. The fourth-order valence-corrected chi connectivity index (χ4v) is 3.02. The van der Waals surface area contributed by atoms with Crippen molar-refractivity contribution in [2.24, 2.45) is 4.99 Å². The number of aromatic hydroxyl groups is 1. The van der Waals surface area contributed by atoms with Crippen molar-refractivity contribution < 1.29 is 5.11 Å². The van der Waals surface area contributed by atoms with Crippen LogP contribution in [0.3, 0.4) is 0 Å². The lowest BCUT2D eigenvalue weighted by Crippen LogP contribution is -1.93. The van der Waals surface area contributed by atoms with Crippen LogP contribution >= 0.6 is 11.8 Å². The quantitative estimate of drug-likeness (QED) is 0.832. The third-order valence-electron chi connectivity index (χ3n) is 2.87. The van der Waals surface area contributed by atoms with E-state index in [1.807, 2.05) is 23.9 Å². The molecule has 0 aliphatic carbocycles. The highest BCUT2D eigenvalue weighted by Crippen LogP contribution is 2.27. The molecule has 3 rings (SSSR count). The van der Waals surface area contributed by atoms with E-state index in [0.29, 0.717) is 11.8 Å². The Kier molecular flexibility index (Phi) is 2.56. The van der Waals surface area contributed by atoms with E-state index >= 15 is 0 Å². The van der Waals surface area contributed by atoms with Crippen molar-refractivity contribution in [3.8, 4) is 5.75 Å². The predicted octanol–water partition coefficient (Wildman–Crippen LogP) is 3.43. The maximum Gasteiger partial charge on any atom is 0.116 e. The molecule has 86 valence electrons. The Morgan fingerprint density at radius 3 is 2.71 bits per heavy atom. The van der Waals surface area contributed by atoms with Crippen LogP contribution in [0.25, 0.3) is 10.8 Å². The molecule has 0 unspecified atom stereocenters. The summed E-state index contributed by atoms with van der Waals surface area (Å²) in [5.74, 6) is 1.38. The van der Waals surface area contributed by atoms with E-state index in [1.54, 1.807) is 12.1 Å². The van der Waals surface area contributed by atoms with Crippen LogP contribution in [-0.4, -0.2) is 21.9 Å². The van der Waals surface area contributed by atoms with Gasteiger partial charge in [-0.2, -0.15) is 0 Å². The van der Waals surface area contributed by atoms with Crippen LogP contribution in [0, 0.1) is 0 Å². The molecular weight excluding hydrogens is 230 g/mol. The minimum atomic E-state index is 0.312. The van der Waals surface area contributed by atoms with Crippen LogP contribution in [0.4, 0.5) is 0 Å². The molecule has 2 aromatic rings. The number of phenolic OH excluding ortho intramolecular Hbond substituents is 1. The minimum absolute atomic E-state index is 0.312. The highest BCUT2D eigenvalue weighted by atomic mass is 32.2. The zero-order valence-electron chi connectivity index (χ0n) is 9.55. The molecular formula is C14H13NOS. The van der Waals surface area contributed by atoms with Gasteiger partial charge >= 0.3 is 0 Å². The number of nitrogens with zero attached hydrogens (tertiary/aromatic N) is 1. The van der Waals surface area contributed by atoms with Crippen molar-refractivity contribution in [3.05, 3.63) is 42.0 Å². The van der Waals surface area contributed by atoms with Crippen LogP contribution in [-0.2, 0) is 0 Å². The second kappa shape index (κ2) is 4.08. The lowest BCUT2D eigenvalue weighted by atomic mass is 10.1. The van der Waals surface area contributed by atoms with E-state index in [1.165, 1.54) is 5.56 Å². The molecule has 0 saturated carbocycles. The van der Waals surface area contributed by atoms with E-state index < -0.39 is 0 Å². The van der Waals surface area contributed by atoms with E-state index in [4.69, 9.17) is 0 Å². The van der Waals surface area contributed by atoms with E-state index in [-0.39, 0.29) is 0 Å². The minimum Gasteiger partial charge on any atom is -0.508 e. The zero-order chi connectivity index (χ0) is 11.8. The number of hydrogen-bond donors (Lipinski definition) is 1. The van der Waals surface area contributed by atoms with Crippen molar-refractivity contribution in [1.29, 1.82) is 0 Å². The fraction of sp³-hybridized carbons (Fsp3) is 0.214. The number of rotatable bonds is 1. The molecule has 1 atom stereocenters. The number of hydrogen-bond acceptors (Lipinski definition) is 3. The lowest BCUT2D eigenvalue weighted by Gasteiger charge is -2.03. The Balaban J connectivity index is 2.08. The maximum atomic E-state index is 9.42. The number of phenols is 1. The third-order valence-corrected chi connectivity index (χ3v) is 4.13. The topological polar surface area (TPSA) is 32.6 Å². The first kappa shape index (κ1) is 10.7. The second-order valence-electron chi connectivity index (χ2n) is 4.34. The van der Waals surface area contributed by atoms with Gasteiger partial charge in [-0.05, 0) is 35.9 Å². The van der Waals surface area contributed by atoms with Crippen LogP contribution in [0.2, 0.25) is 0 Å². The molecule has 1 heterocycles. The molecule has 1 N–H and O–H groups in total. The Bertz CT molecular complexity index is 606. The summed E-state index contributed by atoms with van der Waals surface area (Å²) in [5, 5.41) is 12.8. The van der Waals surface area contributed by atoms with Gasteiger partial charge in [0.25, 0.3) is 0 Å². The average Bonchev–Trinajstić information content (AvgIpc) is 2.75. The Morgan fingerprint density at radius 1 is 1.18 bits per heavy atom. The van der Waals surface area contributed by atoms with Gasteiger partial charge in [0.05, 0.1) is 11.1 Å². The molecule has 1 aliphatic heterocycles. The van der Waals surface area contributed by atoms with E-state index in [0.717, 1.165) is 21.6 Å². The van der Waals surface area contributed by atoms with Crippen molar-refractivity contribution in [2.45, 2.75) is 13.0 Å². The maximum absolute atomic E-state index is 9.42. The van der Waals surface area contributed by atoms with Crippen molar-refractivity contribution in [3.63, 3.8) is 0 Å². The largest absolute Gasteiger partial charge is 0.508 e. The number of aliphatic imine (C=N–C) groups is 1. The van der Waals surface area contributed by atoms with Crippen LogP contribution in [0.1, 0.15) is 12.5 Å². The van der Waals surface area contributed by atoms with Gasteiger partial charge < -0.3 is 5.11 Å². The summed E-state index contributed by atoms with van der Waals surface area (Å²) in [5.41, 5.74) is 1.18. The molecule has 2 aromatic carbocycles. The normalized spacial score (nSPS) is 19.6. The van der Waals surface area contributed by atoms with Gasteiger partial charge in [0.1, 0.15) is 5.75 Å². The van der Waals surface area contributed by atoms with Crippen molar-refractivity contribution in [2.75, 3.05) is 5.75 Å². The monoisotopic (exact) mass is 243 g/mol. The summed E-state index contributed by atoms with van der Waals surface area (Å²) < 4.78 is 0. The Morgan fingerprint density at radius 2 is 1.94 bits per heavy atom. The first-order valence-electron chi connectivity index (χ1n) is 5.66. The van der Waals surface area contributed by atoms with Crippen molar-refractivity contribution >= 4 is 27.6 Å². The summed E-state index contributed by atoms with van der Waals surface area (Å²) in [6, 6.07) is 12.1. The summed E-state index contributed by atoms with van der Waals surface area (Å²) in [6.07, 6.45) is 0.